The monoisotopic (exact) mass is 493 g/mol. The van der Waals surface area contributed by atoms with Crippen molar-refractivity contribution in [2.75, 3.05) is 4.90 Å². The van der Waals surface area contributed by atoms with Crippen LogP contribution in [0.2, 0.25) is 0 Å². The van der Waals surface area contributed by atoms with Gasteiger partial charge in [0.2, 0.25) is 11.8 Å². The van der Waals surface area contributed by atoms with E-state index in [2.05, 4.69) is 15.6 Å². The Labute approximate surface area is 214 Å². The van der Waals surface area contributed by atoms with Crippen LogP contribution in [0.25, 0.3) is 11.0 Å². The van der Waals surface area contributed by atoms with Gasteiger partial charge < -0.3 is 9.73 Å². The Morgan fingerprint density at radius 3 is 2.46 bits per heavy atom. The molecule has 2 heterocycles. The predicted molar refractivity (Wildman–Crippen MR) is 141 cm³/mol. The van der Waals surface area contributed by atoms with Gasteiger partial charge >= 0.3 is 0 Å². The highest BCUT2D eigenvalue weighted by molar-refractivity contribution is 6.02. The maximum absolute atomic E-state index is 14.1. The summed E-state index contributed by atoms with van der Waals surface area (Å²) in [7, 11) is 0. The Morgan fingerprint density at radius 2 is 1.70 bits per heavy atom. The number of hydrogen-bond acceptors (Lipinski definition) is 5. The van der Waals surface area contributed by atoms with E-state index >= 15 is 0 Å². The maximum Gasteiger partial charge on any atom is 0.249 e. The molecule has 5 aromatic rings. The van der Waals surface area contributed by atoms with Gasteiger partial charge in [0.25, 0.3) is 0 Å². The molecule has 8 heteroatoms. The van der Waals surface area contributed by atoms with Gasteiger partial charge in [-0.1, -0.05) is 65.4 Å². The molecule has 1 N–H and O–H groups in total. The number of rotatable bonds is 8. The SMILES string of the molecule is Cc1ccc([C@@H](C(=O)NCc2ccco2)N(C(=O)Cn2nnc3ccccc32)c2ccccc2C)cc1. The van der Waals surface area contributed by atoms with E-state index in [9.17, 15) is 9.59 Å². The molecular weight excluding hydrogens is 466 g/mol. The second kappa shape index (κ2) is 10.5. The lowest BCUT2D eigenvalue weighted by atomic mass is 10.0. The number of carbonyl (C=O) groups excluding carboxylic acids is 2. The van der Waals surface area contributed by atoms with Gasteiger partial charge in [0.15, 0.2) is 0 Å². The van der Waals surface area contributed by atoms with E-state index in [1.54, 1.807) is 28.0 Å². The summed E-state index contributed by atoms with van der Waals surface area (Å²) < 4.78 is 6.96. The van der Waals surface area contributed by atoms with E-state index in [0.29, 0.717) is 22.5 Å². The lowest BCUT2D eigenvalue weighted by Crippen LogP contribution is -2.45. The van der Waals surface area contributed by atoms with Crippen molar-refractivity contribution in [3.05, 3.63) is 114 Å². The van der Waals surface area contributed by atoms with E-state index in [4.69, 9.17) is 4.42 Å². The Kier molecular flexibility index (Phi) is 6.81. The number of nitrogens with zero attached hydrogens (tertiary/aromatic N) is 4. The smallest absolute Gasteiger partial charge is 0.249 e. The van der Waals surface area contributed by atoms with Crippen LogP contribution < -0.4 is 10.2 Å². The lowest BCUT2D eigenvalue weighted by molar-refractivity contribution is -0.127. The van der Waals surface area contributed by atoms with Gasteiger partial charge in [-0.25, -0.2) is 4.68 Å². The number of nitrogens with one attached hydrogen (secondary N) is 1. The summed E-state index contributed by atoms with van der Waals surface area (Å²) in [4.78, 5) is 29.4. The fourth-order valence-electron chi connectivity index (χ4n) is 4.34. The van der Waals surface area contributed by atoms with Crippen molar-refractivity contribution >= 4 is 28.5 Å². The van der Waals surface area contributed by atoms with Crippen LogP contribution in [0.5, 0.6) is 0 Å². The summed E-state index contributed by atoms with van der Waals surface area (Å²) in [5.74, 6) is 0.0165. The number of amides is 2. The van der Waals surface area contributed by atoms with Gasteiger partial charge in [-0.15, -0.1) is 5.10 Å². The average molecular weight is 494 g/mol. The topological polar surface area (TPSA) is 93.3 Å². The van der Waals surface area contributed by atoms with Crippen LogP contribution in [0, 0.1) is 13.8 Å². The maximum atomic E-state index is 14.1. The Balaban J connectivity index is 1.57. The number of aryl methyl sites for hydroxylation is 2. The fourth-order valence-corrected chi connectivity index (χ4v) is 4.34. The van der Waals surface area contributed by atoms with Gasteiger partial charge in [-0.2, -0.15) is 0 Å². The Bertz CT molecular complexity index is 1520. The van der Waals surface area contributed by atoms with Gasteiger partial charge in [0, 0.05) is 5.69 Å². The number of anilines is 1. The highest BCUT2D eigenvalue weighted by Crippen LogP contribution is 2.31. The Morgan fingerprint density at radius 1 is 0.946 bits per heavy atom. The quantitative estimate of drug-likeness (QED) is 0.337. The molecule has 0 unspecified atom stereocenters. The van der Waals surface area contributed by atoms with Gasteiger partial charge in [-0.05, 0) is 55.3 Å². The summed E-state index contributed by atoms with van der Waals surface area (Å²) >= 11 is 0. The second-order valence-corrected chi connectivity index (χ2v) is 8.90. The number of para-hydroxylation sites is 2. The van der Waals surface area contributed by atoms with Crippen LogP contribution in [-0.4, -0.2) is 26.8 Å². The van der Waals surface area contributed by atoms with E-state index in [1.165, 1.54) is 0 Å². The molecular formula is C29H27N5O3. The molecule has 0 saturated heterocycles. The van der Waals surface area contributed by atoms with Crippen molar-refractivity contribution in [2.45, 2.75) is 33.0 Å². The molecule has 3 aromatic carbocycles. The minimum Gasteiger partial charge on any atom is -0.467 e. The molecule has 0 radical (unpaired) electrons. The number of carbonyl (C=O) groups is 2. The van der Waals surface area contributed by atoms with Crippen molar-refractivity contribution in [1.29, 1.82) is 0 Å². The molecule has 0 aliphatic rings. The molecule has 0 aliphatic heterocycles. The van der Waals surface area contributed by atoms with E-state index in [-0.39, 0.29) is 24.9 Å². The first-order valence-electron chi connectivity index (χ1n) is 12.0. The third-order valence-corrected chi connectivity index (χ3v) is 6.27. The molecule has 0 aliphatic carbocycles. The van der Waals surface area contributed by atoms with E-state index in [0.717, 1.165) is 16.6 Å². The first-order chi connectivity index (χ1) is 18.0. The fraction of sp³-hybridized carbons (Fsp3) is 0.172. The first kappa shape index (κ1) is 24.0. The minimum absolute atomic E-state index is 0.0807. The molecule has 1 atom stereocenters. The molecule has 186 valence electrons. The van der Waals surface area contributed by atoms with Gasteiger partial charge in [0.1, 0.15) is 23.9 Å². The summed E-state index contributed by atoms with van der Waals surface area (Å²) in [6, 6.07) is 25.3. The number of aromatic nitrogens is 3. The second-order valence-electron chi connectivity index (χ2n) is 8.90. The number of fused-ring (bicyclic) bond motifs is 1. The summed E-state index contributed by atoms with van der Waals surface area (Å²) in [6.45, 7) is 4.03. The van der Waals surface area contributed by atoms with Crippen molar-refractivity contribution in [1.82, 2.24) is 20.3 Å². The molecule has 8 nitrogen and oxygen atoms in total. The van der Waals surface area contributed by atoms with Crippen LogP contribution in [0.15, 0.2) is 95.6 Å². The summed E-state index contributed by atoms with van der Waals surface area (Å²) in [6.07, 6.45) is 1.56. The predicted octanol–water partition coefficient (Wildman–Crippen LogP) is 4.73. The van der Waals surface area contributed by atoms with Crippen LogP contribution in [0.4, 0.5) is 5.69 Å². The van der Waals surface area contributed by atoms with Crippen LogP contribution in [0.1, 0.15) is 28.5 Å². The van der Waals surface area contributed by atoms with Crippen molar-refractivity contribution < 1.29 is 14.0 Å². The standard InChI is InChI=1S/C29H27N5O3/c1-20-13-15-22(16-14-20)28(29(36)30-18-23-9-7-17-37-23)34(25-11-5-3-8-21(25)2)27(35)19-33-26-12-6-4-10-24(26)31-32-33/h3-17,28H,18-19H2,1-2H3,(H,30,36)/t28-/m0/s1. The number of furan rings is 1. The van der Waals surface area contributed by atoms with Crippen LogP contribution in [0.3, 0.4) is 0 Å². The zero-order chi connectivity index (χ0) is 25.8. The summed E-state index contributed by atoms with van der Waals surface area (Å²) in [5, 5.41) is 11.3. The number of benzene rings is 3. The molecule has 0 saturated carbocycles. The van der Waals surface area contributed by atoms with E-state index < -0.39 is 6.04 Å². The highest BCUT2D eigenvalue weighted by Gasteiger charge is 2.34. The van der Waals surface area contributed by atoms with Crippen molar-refractivity contribution in [3.8, 4) is 0 Å². The zero-order valence-electron chi connectivity index (χ0n) is 20.7. The summed E-state index contributed by atoms with van der Waals surface area (Å²) in [5.41, 5.74) is 4.72. The molecule has 0 fully saturated rings. The average Bonchev–Trinajstić information content (AvgIpc) is 3.58. The molecule has 0 spiro atoms. The number of hydrogen-bond donors (Lipinski definition) is 1. The van der Waals surface area contributed by atoms with Gasteiger partial charge in [-0.3, -0.25) is 14.5 Å². The molecule has 2 aromatic heterocycles. The van der Waals surface area contributed by atoms with Crippen LogP contribution in [-0.2, 0) is 22.7 Å². The third-order valence-electron chi connectivity index (χ3n) is 6.27. The minimum atomic E-state index is -0.918. The first-order valence-corrected chi connectivity index (χ1v) is 12.0. The van der Waals surface area contributed by atoms with Crippen molar-refractivity contribution in [3.63, 3.8) is 0 Å². The molecule has 37 heavy (non-hydrogen) atoms. The molecule has 5 rings (SSSR count). The molecule has 0 bridgehead atoms. The van der Waals surface area contributed by atoms with Crippen molar-refractivity contribution in [2.24, 2.45) is 0 Å². The molecule has 2 amide bonds. The highest BCUT2D eigenvalue weighted by atomic mass is 16.3. The third kappa shape index (κ3) is 5.13. The lowest BCUT2D eigenvalue weighted by Gasteiger charge is -2.32. The Hall–Kier alpha value is -4.72. The normalized spacial score (nSPS) is 11.8. The van der Waals surface area contributed by atoms with Crippen LogP contribution >= 0.6 is 0 Å². The zero-order valence-corrected chi connectivity index (χ0v) is 20.7. The van der Waals surface area contributed by atoms with Gasteiger partial charge in [0.05, 0.1) is 18.3 Å². The van der Waals surface area contributed by atoms with E-state index in [1.807, 2.05) is 86.6 Å². The largest absolute Gasteiger partial charge is 0.467 e.